The lowest BCUT2D eigenvalue weighted by Crippen LogP contribution is -2.30. The first-order chi connectivity index (χ1) is 8.59. The molecule has 0 aliphatic heterocycles. The molecule has 1 unspecified atom stereocenters. The maximum Gasteiger partial charge on any atom is 0.165 e. The highest BCUT2D eigenvalue weighted by Crippen LogP contribution is 2.14. The fraction of sp³-hybridized carbons (Fsp3) is 0.600. The molecule has 0 amide bonds. The molecular formula is C15H24FNO. The summed E-state index contributed by atoms with van der Waals surface area (Å²) in [5, 5.41) is 3.38. The summed E-state index contributed by atoms with van der Waals surface area (Å²) in [6.45, 7) is 7.87. The van der Waals surface area contributed by atoms with Gasteiger partial charge in [-0.1, -0.05) is 26.0 Å². The van der Waals surface area contributed by atoms with Crippen LogP contribution in [0.3, 0.4) is 0 Å². The van der Waals surface area contributed by atoms with Crippen LogP contribution >= 0.6 is 0 Å². The van der Waals surface area contributed by atoms with E-state index in [0.29, 0.717) is 18.4 Å². The molecule has 0 aliphatic rings. The molecule has 0 fully saturated rings. The van der Waals surface area contributed by atoms with Gasteiger partial charge in [-0.3, -0.25) is 0 Å². The number of hydrogen-bond acceptors (Lipinski definition) is 2. The normalized spacial score (nSPS) is 12.7. The van der Waals surface area contributed by atoms with Crippen LogP contribution < -0.4 is 10.1 Å². The summed E-state index contributed by atoms with van der Waals surface area (Å²) < 4.78 is 18.6. The quantitative estimate of drug-likeness (QED) is 0.714. The van der Waals surface area contributed by atoms with E-state index in [-0.39, 0.29) is 5.82 Å². The molecule has 0 spiro atoms. The number of halogens is 1. The second-order valence-electron chi connectivity index (χ2n) is 5.11. The van der Waals surface area contributed by atoms with Crippen LogP contribution in [0.25, 0.3) is 0 Å². The van der Waals surface area contributed by atoms with Crippen molar-refractivity contribution in [3.63, 3.8) is 0 Å². The Hall–Kier alpha value is -1.09. The van der Waals surface area contributed by atoms with E-state index in [1.54, 1.807) is 18.2 Å². The molecule has 1 N–H and O–H groups in total. The van der Waals surface area contributed by atoms with Gasteiger partial charge in [0.2, 0.25) is 0 Å². The zero-order valence-corrected chi connectivity index (χ0v) is 11.6. The number of ether oxygens (including phenoxy) is 1. The van der Waals surface area contributed by atoms with Gasteiger partial charge in [0.25, 0.3) is 0 Å². The maximum atomic E-state index is 13.2. The van der Waals surface area contributed by atoms with Crippen molar-refractivity contribution in [2.45, 2.75) is 39.7 Å². The predicted octanol–water partition coefficient (Wildman–Crippen LogP) is 3.62. The molecule has 0 aromatic heterocycles. The van der Waals surface area contributed by atoms with Crippen LogP contribution in [0.2, 0.25) is 0 Å². The molecule has 0 radical (unpaired) electrons. The van der Waals surface area contributed by atoms with Crippen LogP contribution in [0.5, 0.6) is 5.75 Å². The summed E-state index contributed by atoms with van der Waals surface area (Å²) in [5.41, 5.74) is 0. The Bertz CT molecular complexity index is 341. The van der Waals surface area contributed by atoms with E-state index < -0.39 is 0 Å². The molecular weight excluding hydrogens is 229 g/mol. The Morgan fingerprint density at radius 1 is 1.17 bits per heavy atom. The first-order valence-electron chi connectivity index (χ1n) is 6.70. The molecule has 1 rings (SSSR count). The molecule has 0 aliphatic carbocycles. The smallest absolute Gasteiger partial charge is 0.165 e. The van der Waals surface area contributed by atoms with Crippen molar-refractivity contribution in [3.8, 4) is 5.75 Å². The lowest BCUT2D eigenvalue weighted by atomic mass is 10.0. The number of nitrogens with one attached hydrogen (secondary N) is 1. The van der Waals surface area contributed by atoms with E-state index in [9.17, 15) is 4.39 Å². The molecule has 0 heterocycles. The van der Waals surface area contributed by atoms with E-state index >= 15 is 0 Å². The molecule has 0 bridgehead atoms. The predicted molar refractivity (Wildman–Crippen MR) is 73.4 cm³/mol. The fourth-order valence-electron chi connectivity index (χ4n) is 1.71. The largest absolute Gasteiger partial charge is 0.489 e. The van der Waals surface area contributed by atoms with Crippen molar-refractivity contribution in [2.75, 3.05) is 13.2 Å². The first kappa shape index (κ1) is 15.0. The molecule has 1 atom stereocenters. The molecule has 1 aromatic carbocycles. The lowest BCUT2D eigenvalue weighted by Gasteiger charge is -2.15. The minimum Gasteiger partial charge on any atom is -0.489 e. The average Bonchev–Trinajstić information content (AvgIpc) is 2.34. The highest BCUT2D eigenvalue weighted by atomic mass is 19.1. The summed E-state index contributed by atoms with van der Waals surface area (Å²) in [6.07, 6.45) is 2.39. The van der Waals surface area contributed by atoms with E-state index in [1.165, 1.54) is 12.5 Å². The zero-order chi connectivity index (χ0) is 13.4. The van der Waals surface area contributed by atoms with Crippen LogP contribution in [0.4, 0.5) is 4.39 Å². The molecule has 3 heteroatoms. The van der Waals surface area contributed by atoms with Gasteiger partial charge in [0, 0.05) is 12.6 Å². The summed E-state index contributed by atoms with van der Waals surface area (Å²) in [5.74, 6) is 0.767. The Kier molecular flexibility index (Phi) is 6.73. The topological polar surface area (TPSA) is 21.3 Å². The fourth-order valence-corrected chi connectivity index (χ4v) is 1.71. The van der Waals surface area contributed by atoms with Gasteiger partial charge in [-0.2, -0.15) is 0 Å². The molecule has 0 saturated heterocycles. The van der Waals surface area contributed by atoms with Crippen molar-refractivity contribution < 1.29 is 9.13 Å². The highest BCUT2D eigenvalue weighted by Gasteiger charge is 2.04. The summed E-state index contributed by atoms with van der Waals surface area (Å²) in [6, 6.07) is 6.98. The first-order valence-corrected chi connectivity index (χ1v) is 6.70. The van der Waals surface area contributed by atoms with Gasteiger partial charge in [0.05, 0.1) is 0 Å². The molecule has 18 heavy (non-hydrogen) atoms. The van der Waals surface area contributed by atoms with Crippen LogP contribution in [-0.2, 0) is 0 Å². The Morgan fingerprint density at radius 3 is 2.56 bits per heavy atom. The van der Waals surface area contributed by atoms with Gasteiger partial charge in [-0.25, -0.2) is 4.39 Å². The summed E-state index contributed by atoms with van der Waals surface area (Å²) in [7, 11) is 0. The van der Waals surface area contributed by atoms with Crippen molar-refractivity contribution in [3.05, 3.63) is 30.1 Å². The van der Waals surface area contributed by atoms with Crippen LogP contribution in [-0.4, -0.2) is 19.2 Å². The van der Waals surface area contributed by atoms with Crippen LogP contribution in [0.15, 0.2) is 24.3 Å². The van der Waals surface area contributed by atoms with Gasteiger partial charge in [-0.15, -0.1) is 0 Å². The minimum atomic E-state index is -0.301. The molecule has 2 nitrogen and oxygen atoms in total. The number of hydrogen-bond donors (Lipinski definition) is 1. The second-order valence-corrected chi connectivity index (χ2v) is 5.11. The van der Waals surface area contributed by atoms with Crippen LogP contribution in [0, 0.1) is 11.7 Å². The second kappa shape index (κ2) is 8.09. The SMILES string of the molecule is CC(C)CCC(C)NCCOc1ccccc1F. The van der Waals surface area contributed by atoms with Gasteiger partial charge in [0.15, 0.2) is 11.6 Å². The number of rotatable bonds is 8. The molecule has 1 aromatic rings. The number of para-hydroxylation sites is 1. The van der Waals surface area contributed by atoms with Crippen molar-refractivity contribution >= 4 is 0 Å². The third kappa shape index (κ3) is 6.01. The Labute approximate surface area is 110 Å². The van der Waals surface area contributed by atoms with Crippen LogP contribution in [0.1, 0.15) is 33.6 Å². The van der Waals surface area contributed by atoms with Crippen molar-refractivity contribution in [1.82, 2.24) is 5.32 Å². The van der Waals surface area contributed by atoms with Crippen molar-refractivity contribution in [1.29, 1.82) is 0 Å². The van der Waals surface area contributed by atoms with E-state index in [4.69, 9.17) is 4.74 Å². The van der Waals surface area contributed by atoms with Crippen molar-refractivity contribution in [2.24, 2.45) is 5.92 Å². The molecule has 102 valence electrons. The average molecular weight is 253 g/mol. The third-order valence-electron chi connectivity index (χ3n) is 2.87. The minimum absolute atomic E-state index is 0.301. The van der Waals surface area contributed by atoms with E-state index in [0.717, 1.165) is 18.9 Å². The van der Waals surface area contributed by atoms with Gasteiger partial charge >= 0.3 is 0 Å². The highest BCUT2D eigenvalue weighted by molar-refractivity contribution is 5.23. The third-order valence-corrected chi connectivity index (χ3v) is 2.87. The monoisotopic (exact) mass is 253 g/mol. The van der Waals surface area contributed by atoms with Gasteiger partial charge in [-0.05, 0) is 37.8 Å². The molecule has 0 saturated carbocycles. The maximum absolute atomic E-state index is 13.2. The summed E-state index contributed by atoms with van der Waals surface area (Å²) >= 11 is 0. The summed E-state index contributed by atoms with van der Waals surface area (Å²) in [4.78, 5) is 0. The standard InChI is InChI=1S/C15H24FNO/c1-12(2)8-9-13(3)17-10-11-18-15-7-5-4-6-14(15)16/h4-7,12-13,17H,8-11H2,1-3H3. The Morgan fingerprint density at radius 2 is 1.89 bits per heavy atom. The van der Waals surface area contributed by atoms with Gasteiger partial charge < -0.3 is 10.1 Å². The zero-order valence-electron chi connectivity index (χ0n) is 11.6. The Balaban J connectivity index is 2.13. The van der Waals surface area contributed by atoms with Gasteiger partial charge in [0.1, 0.15) is 6.61 Å². The number of benzene rings is 1. The van der Waals surface area contributed by atoms with E-state index in [1.807, 2.05) is 0 Å². The van der Waals surface area contributed by atoms with E-state index in [2.05, 4.69) is 26.1 Å². The lowest BCUT2D eigenvalue weighted by molar-refractivity contribution is 0.289.